The molecule has 0 aliphatic rings. The highest BCUT2D eigenvalue weighted by Crippen LogP contribution is 2.24. The fourth-order valence-corrected chi connectivity index (χ4v) is 3.07. The average Bonchev–Trinajstić information content (AvgIpc) is 2.61. The van der Waals surface area contributed by atoms with E-state index in [0.717, 1.165) is 6.54 Å². The number of thiophene rings is 1. The van der Waals surface area contributed by atoms with Gasteiger partial charge in [-0.15, -0.1) is 23.1 Å². The van der Waals surface area contributed by atoms with Crippen LogP contribution in [0.15, 0.2) is 21.7 Å². The van der Waals surface area contributed by atoms with Gasteiger partial charge in [0, 0.05) is 5.54 Å². The van der Waals surface area contributed by atoms with E-state index in [0.29, 0.717) is 0 Å². The van der Waals surface area contributed by atoms with Gasteiger partial charge in [-0.05, 0) is 57.4 Å². The maximum atomic E-state index is 3.51. The maximum Gasteiger partial charge on any atom is 0.0598 e. The lowest BCUT2D eigenvalue weighted by atomic mass is 10.1. The molecule has 1 aromatic heterocycles. The molecular weight excluding hydrogens is 222 g/mol. The zero-order chi connectivity index (χ0) is 11.1. The summed E-state index contributed by atoms with van der Waals surface area (Å²) in [5.74, 6) is 1.24. The van der Waals surface area contributed by atoms with E-state index in [1.165, 1.54) is 22.8 Å². The molecule has 86 valence electrons. The number of thioether (sulfide) groups is 1. The Labute approximate surface area is 102 Å². The van der Waals surface area contributed by atoms with Gasteiger partial charge in [-0.1, -0.05) is 6.07 Å². The van der Waals surface area contributed by atoms with E-state index < -0.39 is 0 Å². The molecule has 3 heteroatoms. The molecule has 0 aliphatic carbocycles. The fraction of sp³-hybridized carbons (Fsp3) is 0.667. The standard InChI is InChI=1S/C12H21NS2/c1-12(2,3)13-8-4-5-9-14-11-7-6-10-15-11/h6-7,10,13H,4-5,8-9H2,1-3H3. The minimum atomic E-state index is 0.265. The Morgan fingerprint density at radius 2 is 2.13 bits per heavy atom. The fourth-order valence-electron chi connectivity index (χ4n) is 1.21. The van der Waals surface area contributed by atoms with Crippen LogP contribution in [0.25, 0.3) is 0 Å². The van der Waals surface area contributed by atoms with Crippen LogP contribution in [-0.2, 0) is 0 Å². The lowest BCUT2D eigenvalue weighted by Crippen LogP contribution is -2.36. The monoisotopic (exact) mass is 243 g/mol. The predicted molar refractivity (Wildman–Crippen MR) is 72.0 cm³/mol. The van der Waals surface area contributed by atoms with Crippen molar-refractivity contribution < 1.29 is 0 Å². The van der Waals surface area contributed by atoms with E-state index in [4.69, 9.17) is 0 Å². The van der Waals surface area contributed by atoms with Gasteiger partial charge in [0.15, 0.2) is 0 Å². The van der Waals surface area contributed by atoms with E-state index >= 15 is 0 Å². The number of hydrogen-bond acceptors (Lipinski definition) is 3. The lowest BCUT2D eigenvalue weighted by Gasteiger charge is -2.20. The van der Waals surface area contributed by atoms with Crippen molar-refractivity contribution in [3.8, 4) is 0 Å². The van der Waals surface area contributed by atoms with Gasteiger partial charge < -0.3 is 5.32 Å². The molecule has 0 saturated carbocycles. The van der Waals surface area contributed by atoms with Crippen molar-refractivity contribution in [2.45, 2.75) is 43.4 Å². The summed E-state index contributed by atoms with van der Waals surface area (Å²) >= 11 is 3.81. The third kappa shape index (κ3) is 6.98. The molecule has 15 heavy (non-hydrogen) atoms. The van der Waals surface area contributed by atoms with Gasteiger partial charge in [0.2, 0.25) is 0 Å². The second kappa shape index (κ2) is 6.56. The maximum absolute atomic E-state index is 3.51. The van der Waals surface area contributed by atoms with Crippen molar-refractivity contribution in [3.63, 3.8) is 0 Å². The highest BCUT2D eigenvalue weighted by molar-refractivity contribution is 8.01. The van der Waals surface area contributed by atoms with Crippen molar-refractivity contribution in [2.75, 3.05) is 12.3 Å². The summed E-state index contributed by atoms with van der Waals surface area (Å²) in [5, 5.41) is 5.65. The number of nitrogens with one attached hydrogen (secondary N) is 1. The van der Waals surface area contributed by atoms with Crippen LogP contribution in [-0.4, -0.2) is 17.8 Å². The molecule has 1 aromatic rings. The van der Waals surface area contributed by atoms with E-state index in [2.05, 4.69) is 43.6 Å². The molecule has 0 amide bonds. The van der Waals surface area contributed by atoms with Gasteiger partial charge in [-0.3, -0.25) is 0 Å². The number of hydrogen-bond donors (Lipinski definition) is 1. The summed E-state index contributed by atoms with van der Waals surface area (Å²) in [6.45, 7) is 7.78. The van der Waals surface area contributed by atoms with Gasteiger partial charge in [0.1, 0.15) is 0 Å². The molecule has 0 saturated heterocycles. The molecule has 0 radical (unpaired) electrons. The minimum Gasteiger partial charge on any atom is -0.312 e. The van der Waals surface area contributed by atoms with Crippen molar-refractivity contribution in [1.29, 1.82) is 0 Å². The molecule has 0 aliphatic heterocycles. The van der Waals surface area contributed by atoms with Gasteiger partial charge in [-0.25, -0.2) is 0 Å². The van der Waals surface area contributed by atoms with Crippen LogP contribution >= 0.6 is 23.1 Å². The van der Waals surface area contributed by atoms with E-state index in [9.17, 15) is 0 Å². The second-order valence-electron chi connectivity index (χ2n) is 4.66. The number of rotatable bonds is 6. The second-order valence-corrected chi connectivity index (χ2v) is 7.01. The molecule has 1 N–H and O–H groups in total. The number of unbranched alkanes of at least 4 members (excludes halogenated alkanes) is 1. The molecule has 0 spiro atoms. The van der Waals surface area contributed by atoms with Crippen molar-refractivity contribution >= 4 is 23.1 Å². The summed E-state index contributed by atoms with van der Waals surface area (Å²) < 4.78 is 1.44. The van der Waals surface area contributed by atoms with Crippen molar-refractivity contribution in [1.82, 2.24) is 5.32 Å². The van der Waals surface area contributed by atoms with Crippen LogP contribution in [0.4, 0.5) is 0 Å². The summed E-state index contributed by atoms with van der Waals surface area (Å²) in [4.78, 5) is 0. The van der Waals surface area contributed by atoms with Crippen LogP contribution in [0.1, 0.15) is 33.6 Å². The zero-order valence-corrected chi connectivity index (χ0v) is 11.5. The first-order valence-corrected chi connectivity index (χ1v) is 7.36. The first-order chi connectivity index (χ1) is 7.08. The Kier molecular flexibility index (Phi) is 5.72. The third-order valence-corrected chi connectivity index (χ3v) is 4.18. The van der Waals surface area contributed by atoms with Crippen LogP contribution < -0.4 is 5.32 Å². The summed E-state index contributed by atoms with van der Waals surface area (Å²) in [5.41, 5.74) is 0.265. The predicted octanol–water partition coefficient (Wildman–Crippen LogP) is 4.01. The zero-order valence-electron chi connectivity index (χ0n) is 9.88. The smallest absolute Gasteiger partial charge is 0.0598 e. The molecular formula is C12H21NS2. The van der Waals surface area contributed by atoms with Gasteiger partial charge >= 0.3 is 0 Å². The quantitative estimate of drug-likeness (QED) is 0.598. The first kappa shape index (κ1) is 13.1. The van der Waals surface area contributed by atoms with Gasteiger partial charge in [0.25, 0.3) is 0 Å². The van der Waals surface area contributed by atoms with E-state index in [-0.39, 0.29) is 5.54 Å². The van der Waals surface area contributed by atoms with Crippen molar-refractivity contribution in [3.05, 3.63) is 17.5 Å². The molecule has 1 nitrogen and oxygen atoms in total. The van der Waals surface area contributed by atoms with E-state index in [1.54, 1.807) is 0 Å². The van der Waals surface area contributed by atoms with E-state index in [1.807, 2.05) is 23.1 Å². The highest BCUT2D eigenvalue weighted by atomic mass is 32.2. The Hall–Kier alpha value is 0.01000. The molecule has 0 atom stereocenters. The summed E-state index contributed by atoms with van der Waals surface area (Å²) in [6, 6.07) is 4.32. The Bertz CT molecular complexity index is 249. The van der Waals surface area contributed by atoms with Crippen LogP contribution in [0.2, 0.25) is 0 Å². The lowest BCUT2D eigenvalue weighted by molar-refractivity contribution is 0.421. The Balaban J connectivity index is 1.94. The normalized spacial score (nSPS) is 11.9. The average molecular weight is 243 g/mol. The van der Waals surface area contributed by atoms with Gasteiger partial charge in [-0.2, -0.15) is 0 Å². The molecule has 0 fully saturated rings. The minimum absolute atomic E-state index is 0.265. The summed E-state index contributed by atoms with van der Waals surface area (Å²) in [7, 11) is 0. The summed E-state index contributed by atoms with van der Waals surface area (Å²) in [6.07, 6.45) is 2.57. The SMILES string of the molecule is CC(C)(C)NCCCCSc1cccs1. The first-order valence-electron chi connectivity index (χ1n) is 5.49. The van der Waals surface area contributed by atoms with Crippen LogP contribution in [0.5, 0.6) is 0 Å². The van der Waals surface area contributed by atoms with Crippen LogP contribution in [0.3, 0.4) is 0 Å². The van der Waals surface area contributed by atoms with Crippen LogP contribution in [0, 0.1) is 0 Å². The van der Waals surface area contributed by atoms with Gasteiger partial charge in [0.05, 0.1) is 4.21 Å². The molecule has 0 aromatic carbocycles. The topological polar surface area (TPSA) is 12.0 Å². The molecule has 0 unspecified atom stereocenters. The molecule has 0 bridgehead atoms. The Morgan fingerprint density at radius 3 is 2.73 bits per heavy atom. The Morgan fingerprint density at radius 1 is 1.33 bits per heavy atom. The van der Waals surface area contributed by atoms with Crippen molar-refractivity contribution in [2.24, 2.45) is 0 Å². The highest BCUT2D eigenvalue weighted by Gasteiger charge is 2.06. The molecule has 1 rings (SSSR count). The largest absolute Gasteiger partial charge is 0.312 e. The molecule has 1 heterocycles. The third-order valence-electron chi connectivity index (χ3n) is 1.97.